The summed E-state index contributed by atoms with van der Waals surface area (Å²) in [5.74, 6) is 6.10. The molecule has 0 saturated heterocycles. The Labute approximate surface area is 214 Å². The Morgan fingerprint density at radius 1 is 1.11 bits per heavy atom. The molecule has 1 amide bonds. The Kier molecular flexibility index (Phi) is 8.38. The van der Waals surface area contributed by atoms with Gasteiger partial charge >= 0.3 is 0 Å². The monoisotopic (exact) mass is 529 g/mol. The van der Waals surface area contributed by atoms with Crippen LogP contribution in [0.4, 0.5) is 0 Å². The van der Waals surface area contributed by atoms with Crippen molar-refractivity contribution in [3.63, 3.8) is 0 Å². The first-order valence-electron chi connectivity index (χ1n) is 11.5. The minimum atomic E-state index is -0.407. The average Bonchev–Trinajstić information content (AvgIpc) is 3.28. The molecule has 178 valence electrons. The Bertz CT molecular complexity index is 1350. The highest BCUT2D eigenvalue weighted by atomic mass is 79.9. The largest absolute Gasteiger partial charge is 0.394 e. The minimum absolute atomic E-state index is 0.157. The summed E-state index contributed by atoms with van der Waals surface area (Å²) >= 11 is 3.48. The van der Waals surface area contributed by atoms with Crippen molar-refractivity contribution in [3.05, 3.63) is 106 Å². The van der Waals surface area contributed by atoms with Crippen LogP contribution in [0.25, 0.3) is 10.9 Å². The number of amides is 1. The van der Waals surface area contributed by atoms with Gasteiger partial charge in [-0.15, -0.1) is 0 Å². The number of carbonyl (C=O) groups excluding carboxylic acids is 1. The SMILES string of the molecule is CN(CC#Cc1ccc(Br)c(C(=O)N[C@@H](CO)Cc2c[nH]c3ccccc23)c1)Cc1ccccc1. The fraction of sp³-hybridized carbons (Fsp3) is 0.207. The van der Waals surface area contributed by atoms with Crippen molar-refractivity contribution in [2.24, 2.45) is 0 Å². The van der Waals surface area contributed by atoms with Crippen molar-refractivity contribution in [1.29, 1.82) is 0 Å². The second-order valence-electron chi connectivity index (χ2n) is 8.57. The van der Waals surface area contributed by atoms with Crippen LogP contribution >= 0.6 is 15.9 Å². The van der Waals surface area contributed by atoms with Crippen LogP contribution < -0.4 is 5.32 Å². The number of fused-ring (bicyclic) bond motifs is 1. The maximum atomic E-state index is 13.0. The van der Waals surface area contributed by atoms with Crippen molar-refractivity contribution >= 4 is 32.7 Å². The van der Waals surface area contributed by atoms with Gasteiger partial charge in [-0.25, -0.2) is 0 Å². The van der Waals surface area contributed by atoms with Crippen molar-refractivity contribution < 1.29 is 9.90 Å². The number of hydrogen-bond acceptors (Lipinski definition) is 3. The van der Waals surface area contributed by atoms with Crippen LogP contribution in [0.2, 0.25) is 0 Å². The van der Waals surface area contributed by atoms with E-state index in [4.69, 9.17) is 0 Å². The van der Waals surface area contributed by atoms with Crippen molar-refractivity contribution in [2.75, 3.05) is 20.2 Å². The standard InChI is InChI=1S/C29H28BrN3O2/c1-33(19-22-8-3-2-4-9-22)15-7-10-21-13-14-27(30)26(16-21)29(35)32-24(20-34)17-23-18-31-28-12-6-5-11-25(23)28/h2-6,8-9,11-14,16,18,24,31,34H,15,17,19-20H2,1H3,(H,32,35)/t24-/m1/s1. The maximum Gasteiger partial charge on any atom is 0.252 e. The van der Waals surface area contributed by atoms with Gasteiger partial charge in [0.2, 0.25) is 0 Å². The number of hydrogen-bond donors (Lipinski definition) is 3. The predicted molar refractivity (Wildman–Crippen MR) is 144 cm³/mol. The number of aromatic amines is 1. The lowest BCUT2D eigenvalue weighted by Gasteiger charge is -2.17. The third kappa shape index (κ3) is 6.61. The predicted octanol–water partition coefficient (Wildman–Crippen LogP) is 4.75. The zero-order valence-electron chi connectivity index (χ0n) is 19.6. The second kappa shape index (κ2) is 11.9. The highest BCUT2D eigenvalue weighted by Crippen LogP contribution is 2.21. The van der Waals surface area contributed by atoms with Gasteiger partial charge in [0, 0.05) is 33.7 Å². The van der Waals surface area contributed by atoms with E-state index in [9.17, 15) is 9.90 Å². The van der Waals surface area contributed by atoms with Crippen molar-refractivity contribution in [1.82, 2.24) is 15.2 Å². The van der Waals surface area contributed by atoms with E-state index in [-0.39, 0.29) is 12.5 Å². The van der Waals surface area contributed by atoms with Gasteiger partial charge in [0.1, 0.15) is 0 Å². The van der Waals surface area contributed by atoms with Gasteiger partial charge in [-0.3, -0.25) is 9.69 Å². The van der Waals surface area contributed by atoms with Crippen LogP contribution in [0, 0.1) is 11.8 Å². The smallest absolute Gasteiger partial charge is 0.252 e. The van der Waals surface area contributed by atoms with Crippen LogP contribution in [0.5, 0.6) is 0 Å². The third-order valence-electron chi connectivity index (χ3n) is 5.78. The van der Waals surface area contributed by atoms with E-state index in [1.54, 1.807) is 6.07 Å². The fourth-order valence-electron chi connectivity index (χ4n) is 3.99. The number of aliphatic hydroxyl groups is 1. The first-order valence-corrected chi connectivity index (χ1v) is 12.3. The Hall–Kier alpha value is -3.37. The first-order chi connectivity index (χ1) is 17.0. The highest BCUT2D eigenvalue weighted by molar-refractivity contribution is 9.10. The average molecular weight is 530 g/mol. The van der Waals surface area contributed by atoms with E-state index in [1.807, 2.05) is 67.8 Å². The number of aromatic nitrogens is 1. The summed E-state index contributed by atoms with van der Waals surface area (Å²) in [7, 11) is 2.03. The number of nitrogens with one attached hydrogen (secondary N) is 2. The van der Waals surface area contributed by atoms with E-state index >= 15 is 0 Å². The van der Waals surface area contributed by atoms with Crippen LogP contribution in [-0.2, 0) is 13.0 Å². The maximum absolute atomic E-state index is 13.0. The van der Waals surface area contributed by atoms with Gasteiger partial charge in [-0.1, -0.05) is 60.4 Å². The Balaban J connectivity index is 1.40. The number of carbonyl (C=O) groups is 1. The van der Waals surface area contributed by atoms with Gasteiger partial charge in [0.25, 0.3) is 5.91 Å². The van der Waals surface area contributed by atoms with E-state index < -0.39 is 6.04 Å². The number of rotatable bonds is 8. The molecule has 0 saturated carbocycles. The molecule has 0 spiro atoms. The zero-order valence-corrected chi connectivity index (χ0v) is 21.2. The van der Waals surface area contributed by atoms with Gasteiger partial charge in [0.05, 0.1) is 24.8 Å². The van der Waals surface area contributed by atoms with E-state index in [1.165, 1.54) is 5.56 Å². The molecular weight excluding hydrogens is 502 g/mol. The number of H-pyrrole nitrogens is 1. The lowest BCUT2D eigenvalue weighted by Crippen LogP contribution is -2.39. The van der Waals surface area contributed by atoms with Gasteiger partial charge < -0.3 is 15.4 Å². The number of halogens is 1. The highest BCUT2D eigenvalue weighted by Gasteiger charge is 2.17. The third-order valence-corrected chi connectivity index (χ3v) is 6.48. The quantitative estimate of drug-likeness (QED) is 0.288. The molecule has 0 aliphatic heterocycles. The van der Waals surface area contributed by atoms with Crippen molar-refractivity contribution in [2.45, 2.75) is 19.0 Å². The first kappa shape index (κ1) is 24.7. The van der Waals surface area contributed by atoms with Crippen LogP contribution in [-0.4, -0.2) is 47.1 Å². The minimum Gasteiger partial charge on any atom is -0.394 e. The van der Waals surface area contributed by atoms with Crippen LogP contribution in [0.3, 0.4) is 0 Å². The van der Waals surface area contributed by atoms with Gasteiger partial charge in [-0.05, 0) is 64.8 Å². The molecule has 4 rings (SSSR count). The van der Waals surface area contributed by atoms with E-state index in [2.05, 4.69) is 55.1 Å². The Morgan fingerprint density at radius 2 is 1.89 bits per heavy atom. The molecule has 5 nitrogen and oxygen atoms in total. The summed E-state index contributed by atoms with van der Waals surface area (Å²) < 4.78 is 0.686. The zero-order chi connectivity index (χ0) is 24.6. The summed E-state index contributed by atoms with van der Waals surface area (Å²) in [6.45, 7) is 1.28. The molecule has 0 unspecified atom stereocenters. The number of benzene rings is 3. The lowest BCUT2D eigenvalue weighted by atomic mass is 10.0. The lowest BCUT2D eigenvalue weighted by molar-refractivity contribution is 0.0915. The number of para-hydroxylation sites is 1. The van der Waals surface area contributed by atoms with E-state index in [0.29, 0.717) is 23.0 Å². The molecule has 3 N–H and O–H groups in total. The molecule has 0 radical (unpaired) electrons. The molecule has 3 aromatic carbocycles. The summed E-state index contributed by atoms with van der Waals surface area (Å²) in [6.07, 6.45) is 2.46. The molecule has 0 fully saturated rings. The van der Waals surface area contributed by atoms with Crippen LogP contribution in [0.1, 0.15) is 27.0 Å². The molecule has 0 aliphatic carbocycles. The van der Waals surface area contributed by atoms with Gasteiger partial charge in [0.15, 0.2) is 0 Å². The Morgan fingerprint density at radius 3 is 2.69 bits per heavy atom. The number of aliphatic hydroxyl groups excluding tert-OH is 1. The topological polar surface area (TPSA) is 68.4 Å². The molecule has 1 atom stereocenters. The van der Waals surface area contributed by atoms with Gasteiger partial charge in [-0.2, -0.15) is 0 Å². The summed E-state index contributed by atoms with van der Waals surface area (Å²) in [4.78, 5) is 18.4. The van der Waals surface area contributed by atoms with E-state index in [0.717, 1.165) is 28.6 Å². The number of nitrogens with zero attached hydrogens (tertiary/aromatic N) is 1. The molecule has 0 bridgehead atoms. The summed E-state index contributed by atoms with van der Waals surface area (Å²) in [6, 6.07) is 23.4. The summed E-state index contributed by atoms with van der Waals surface area (Å²) in [5.41, 5.74) is 4.59. The normalized spacial score (nSPS) is 11.8. The van der Waals surface area contributed by atoms with Crippen LogP contribution in [0.15, 0.2) is 83.5 Å². The summed E-state index contributed by atoms with van der Waals surface area (Å²) in [5, 5.41) is 14.0. The second-order valence-corrected chi connectivity index (χ2v) is 9.43. The molecule has 35 heavy (non-hydrogen) atoms. The molecule has 0 aliphatic rings. The molecule has 4 aromatic rings. The molecule has 1 heterocycles. The molecule has 1 aromatic heterocycles. The fourth-order valence-corrected chi connectivity index (χ4v) is 4.42. The molecular formula is C29H28BrN3O2. The molecule has 6 heteroatoms. The van der Waals surface area contributed by atoms with Crippen molar-refractivity contribution in [3.8, 4) is 11.8 Å².